The third kappa shape index (κ3) is 12.1. The summed E-state index contributed by atoms with van der Waals surface area (Å²) < 4.78 is 0.396. The zero-order chi connectivity index (χ0) is 12.6. The molecular weight excluding hydrogens is 214 g/mol. The van der Waals surface area contributed by atoms with Crippen LogP contribution in [0.1, 0.15) is 54.4 Å². The third-order valence-corrected chi connectivity index (χ3v) is 3.56. The van der Waals surface area contributed by atoms with Crippen LogP contribution in [0.25, 0.3) is 0 Å². The molecule has 16 heavy (non-hydrogen) atoms. The molecule has 0 rings (SSSR count). The van der Waals surface area contributed by atoms with Gasteiger partial charge in [0.1, 0.15) is 0 Å². The minimum Gasteiger partial charge on any atom is -0.313 e. The molecule has 0 bridgehead atoms. The average molecular weight is 243 g/mol. The van der Waals surface area contributed by atoms with Crippen LogP contribution in [0.4, 0.5) is 0 Å². The maximum atomic E-state index is 3.58. The Morgan fingerprint density at radius 3 is 2.44 bits per heavy atom. The lowest BCUT2D eigenvalue weighted by molar-refractivity contribution is 0.536. The summed E-state index contributed by atoms with van der Waals surface area (Å²) in [6.07, 6.45) is 4.76. The van der Waals surface area contributed by atoms with Crippen molar-refractivity contribution in [1.82, 2.24) is 5.32 Å². The van der Waals surface area contributed by atoms with Crippen molar-refractivity contribution < 1.29 is 0 Å². The predicted octanol–water partition coefficient (Wildman–Crippen LogP) is 4.24. The minimum absolute atomic E-state index is 0.396. The fraction of sp³-hybridized carbons (Fsp3) is 0.857. The summed E-state index contributed by atoms with van der Waals surface area (Å²) >= 11 is 2.03. The van der Waals surface area contributed by atoms with Crippen LogP contribution in [-0.4, -0.2) is 23.1 Å². The van der Waals surface area contributed by atoms with Crippen LogP contribution in [0.5, 0.6) is 0 Å². The van der Waals surface area contributed by atoms with Gasteiger partial charge in [-0.05, 0) is 33.6 Å². The Kier molecular flexibility index (Phi) is 8.21. The Hall–Kier alpha value is 0.0500. The standard InChI is InChI=1S/C14H29NS/c1-12(2)8-7-9-13(3)15-10-11-16-14(4,5)6/h8,13,15H,7,9-11H2,1-6H3. The van der Waals surface area contributed by atoms with Gasteiger partial charge in [-0.2, -0.15) is 11.8 Å². The molecule has 1 atom stereocenters. The maximum Gasteiger partial charge on any atom is 0.00755 e. The number of hydrogen-bond acceptors (Lipinski definition) is 2. The zero-order valence-electron chi connectivity index (χ0n) is 11.9. The molecule has 0 amide bonds. The average Bonchev–Trinajstić information content (AvgIpc) is 2.10. The van der Waals surface area contributed by atoms with Gasteiger partial charge in [0.05, 0.1) is 0 Å². The molecule has 0 radical (unpaired) electrons. The smallest absolute Gasteiger partial charge is 0.00755 e. The molecule has 96 valence electrons. The first kappa shape index (κ1) is 16.1. The lowest BCUT2D eigenvalue weighted by Gasteiger charge is -2.19. The van der Waals surface area contributed by atoms with Gasteiger partial charge in [0.2, 0.25) is 0 Å². The second kappa shape index (κ2) is 8.19. The number of hydrogen-bond donors (Lipinski definition) is 1. The maximum absolute atomic E-state index is 3.58. The van der Waals surface area contributed by atoms with Crippen LogP contribution < -0.4 is 5.32 Å². The molecule has 0 aliphatic heterocycles. The van der Waals surface area contributed by atoms with E-state index in [2.05, 4.69) is 52.9 Å². The summed E-state index contributed by atoms with van der Waals surface area (Å²) in [5, 5.41) is 3.58. The van der Waals surface area contributed by atoms with E-state index in [4.69, 9.17) is 0 Å². The number of allylic oxidation sites excluding steroid dienone is 2. The van der Waals surface area contributed by atoms with E-state index < -0.39 is 0 Å². The number of rotatable bonds is 7. The van der Waals surface area contributed by atoms with Gasteiger partial charge in [0.25, 0.3) is 0 Å². The summed E-state index contributed by atoms with van der Waals surface area (Å²) in [7, 11) is 0. The minimum atomic E-state index is 0.396. The highest BCUT2D eigenvalue weighted by atomic mass is 32.2. The van der Waals surface area contributed by atoms with Crippen molar-refractivity contribution in [1.29, 1.82) is 0 Å². The largest absolute Gasteiger partial charge is 0.313 e. The van der Waals surface area contributed by atoms with Gasteiger partial charge in [-0.15, -0.1) is 0 Å². The molecule has 0 saturated heterocycles. The van der Waals surface area contributed by atoms with E-state index in [1.165, 1.54) is 24.2 Å². The van der Waals surface area contributed by atoms with Crippen molar-refractivity contribution in [3.8, 4) is 0 Å². The molecule has 1 unspecified atom stereocenters. The molecule has 0 heterocycles. The third-order valence-electron chi connectivity index (χ3n) is 2.28. The molecule has 2 heteroatoms. The summed E-state index contributed by atoms with van der Waals surface area (Å²) in [6, 6.07) is 0.635. The Morgan fingerprint density at radius 2 is 1.94 bits per heavy atom. The van der Waals surface area contributed by atoms with Gasteiger partial charge in [0, 0.05) is 23.1 Å². The monoisotopic (exact) mass is 243 g/mol. The SMILES string of the molecule is CC(C)=CCCC(C)NCCSC(C)(C)C. The van der Waals surface area contributed by atoms with Crippen molar-refractivity contribution in [2.75, 3.05) is 12.3 Å². The van der Waals surface area contributed by atoms with Gasteiger partial charge in [-0.1, -0.05) is 32.4 Å². The van der Waals surface area contributed by atoms with Crippen LogP contribution in [0.15, 0.2) is 11.6 Å². The van der Waals surface area contributed by atoms with Crippen molar-refractivity contribution in [3.05, 3.63) is 11.6 Å². The Morgan fingerprint density at radius 1 is 1.31 bits per heavy atom. The van der Waals surface area contributed by atoms with Gasteiger partial charge in [-0.3, -0.25) is 0 Å². The van der Waals surface area contributed by atoms with E-state index in [1.807, 2.05) is 11.8 Å². The van der Waals surface area contributed by atoms with Crippen molar-refractivity contribution >= 4 is 11.8 Å². The molecule has 0 aliphatic rings. The lowest BCUT2D eigenvalue weighted by Crippen LogP contribution is -2.28. The van der Waals surface area contributed by atoms with Gasteiger partial charge in [0.15, 0.2) is 0 Å². The molecule has 0 aromatic carbocycles. The van der Waals surface area contributed by atoms with E-state index in [9.17, 15) is 0 Å². The van der Waals surface area contributed by atoms with Crippen LogP contribution >= 0.6 is 11.8 Å². The predicted molar refractivity (Wildman–Crippen MR) is 78.3 cm³/mol. The van der Waals surface area contributed by atoms with Gasteiger partial charge in [-0.25, -0.2) is 0 Å². The fourth-order valence-electron chi connectivity index (χ4n) is 1.39. The molecule has 0 saturated carbocycles. The van der Waals surface area contributed by atoms with Crippen molar-refractivity contribution in [3.63, 3.8) is 0 Å². The number of nitrogens with one attached hydrogen (secondary N) is 1. The normalized spacial score (nSPS) is 13.6. The first-order valence-corrected chi connectivity index (χ1v) is 7.30. The van der Waals surface area contributed by atoms with E-state index in [0.717, 1.165) is 6.54 Å². The second-order valence-electron chi connectivity index (χ2n) is 5.67. The van der Waals surface area contributed by atoms with E-state index >= 15 is 0 Å². The Bertz CT molecular complexity index is 199. The molecule has 1 N–H and O–H groups in total. The van der Waals surface area contributed by atoms with Crippen LogP contribution in [0, 0.1) is 0 Å². The van der Waals surface area contributed by atoms with E-state index in [-0.39, 0.29) is 0 Å². The fourth-order valence-corrected chi connectivity index (χ4v) is 2.22. The molecular formula is C14H29NS. The molecule has 0 fully saturated rings. The first-order valence-electron chi connectivity index (χ1n) is 6.32. The highest BCUT2D eigenvalue weighted by Crippen LogP contribution is 2.22. The lowest BCUT2D eigenvalue weighted by atomic mass is 10.1. The zero-order valence-corrected chi connectivity index (χ0v) is 12.7. The summed E-state index contributed by atoms with van der Waals surface area (Å²) in [5.41, 5.74) is 1.43. The summed E-state index contributed by atoms with van der Waals surface area (Å²) in [5.74, 6) is 1.20. The quantitative estimate of drug-likeness (QED) is 0.530. The van der Waals surface area contributed by atoms with Gasteiger partial charge >= 0.3 is 0 Å². The number of thioether (sulfide) groups is 1. The van der Waals surface area contributed by atoms with Crippen molar-refractivity contribution in [2.45, 2.75) is 65.2 Å². The summed E-state index contributed by atoms with van der Waals surface area (Å²) in [4.78, 5) is 0. The molecule has 0 aromatic heterocycles. The molecule has 1 nitrogen and oxygen atoms in total. The highest BCUT2D eigenvalue weighted by molar-refractivity contribution is 8.00. The molecule has 0 spiro atoms. The molecule has 0 aromatic rings. The molecule has 0 aliphatic carbocycles. The second-order valence-corrected chi connectivity index (χ2v) is 7.60. The van der Waals surface area contributed by atoms with E-state index in [1.54, 1.807) is 0 Å². The highest BCUT2D eigenvalue weighted by Gasteiger charge is 2.09. The van der Waals surface area contributed by atoms with Crippen LogP contribution in [0.3, 0.4) is 0 Å². The Labute approximate surface area is 106 Å². The topological polar surface area (TPSA) is 12.0 Å². The van der Waals surface area contributed by atoms with Crippen molar-refractivity contribution in [2.24, 2.45) is 0 Å². The van der Waals surface area contributed by atoms with Gasteiger partial charge < -0.3 is 5.32 Å². The van der Waals surface area contributed by atoms with E-state index in [0.29, 0.717) is 10.8 Å². The van der Waals surface area contributed by atoms with Crippen LogP contribution in [-0.2, 0) is 0 Å². The van der Waals surface area contributed by atoms with Crippen LogP contribution in [0.2, 0.25) is 0 Å². The first-order chi connectivity index (χ1) is 7.31. The Balaban J connectivity index is 3.44. The summed E-state index contributed by atoms with van der Waals surface area (Å²) in [6.45, 7) is 14.6.